The van der Waals surface area contributed by atoms with Gasteiger partial charge in [-0.25, -0.2) is 4.68 Å². The van der Waals surface area contributed by atoms with Crippen LogP contribution in [0.15, 0.2) is 36.5 Å². The van der Waals surface area contributed by atoms with E-state index in [1.54, 1.807) is 11.8 Å². The van der Waals surface area contributed by atoms with Crippen LogP contribution in [0.5, 0.6) is 0 Å². The van der Waals surface area contributed by atoms with Gasteiger partial charge in [0.15, 0.2) is 0 Å². The summed E-state index contributed by atoms with van der Waals surface area (Å²) in [5, 5.41) is 4.43. The zero-order valence-electron chi connectivity index (χ0n) is 11.6. The quantitative estimate of drug-likeness (QED) is 0.844. The molecule has 0 atom stereocenters. The number of carbonyl (C=O) groups is 1. The predicted octanol–water partition coefficient (Wildman–Crippen LogP) is 2.81. The molecule has 2 rings (SSSR count). The van der Waals surface area contributed by atoms with Gasteiger partial charge in [0.05, 0.1) is 11.9 Å². The van der Waals surface area contributed by atoms with Crippen LogP contribution in [0, 0.1) is 0 Å². The summed E-state index contributed by atoms with van der Waals surface area (Å²) < 4.78 is 1.84. The first-order chi connectivity index (χ1) is 9.19. The molecule has 0 aliphatic rings. The fraction of sp³-hybridized carbons (Fsp3) is 0.333. The minimum Gasteiger partial charge on any atom is -0.297 e. The molecule has 100 valence electrons. The maximum atomic E-state index is 11.8. The second kappa shape index (κ2) is 5.69. The van der Waals surface area contributed by atoms with E-state index in [2.05, 4.69) is 12.0 Å². The minimum absolute atomic E-state index is 0.0369. The zero-order valence-corrected chi connectivity index (χ0v) is 11.6. The third-order valence-electron chi connectivity index (χ3n) is 3.15. The van der Waals surface area contributed by atoms with Gasteiger partial charge in [-0.05, 0) is 25.5 Å². The van der Waals surface area contributed by atoms with Crippen LogP contribution >= 0.6 is 0 Å². The van der Waals surface area contributed by atoms with Crippen molar-refractivity contribution in [2.24, 2.45) is 0 Å². The lowest BCUT2D eigenvalue weighted by molar-refractivity contribution is -0.116. The van der Waals surface area contributed by atoms with Gasteiger partial charge >= 0.3 is 0 Å². The Bertz CT molecular complexity index is 560. The molecule has 0 bridgehead atoms. The Balaban J connectivity index is 2.57. The van der Waals surface area contributed by atoms with Crippen LogP contribution in [-0.4, -0.2) is 22.2 Å². The lowest BCUT2D eigenvalue weighted by atomic mass is 10.2. The van der Waals surface area contributed by atoms with Crippen molar-refractivity contribution >= 4 is 11.7 Å². The lowest BCUT2D eigenvalue weighted by Gasteiger charge is -2.21. The fourth-order valence-electron chi connectivity index (χ4n) is 2.19. The molecule has 19 heavy (non-hydrogen) atoms. The Morgan fingerprint density at radius 3 is 2.47 bits per heavy atom. The first-order valence-corrected chi connectivity index (χ1v) is 6.59. The summed E-state index contributed by atoms with van der Waals surface area (Å²) in [4.78, 5) is 13.6. The van der Waals surface area contributed by atoms with Crippen LogP contribution in [0.3, 0.4) is 0 Å². The van der Waals surface area contributed by atoms with Crippen LogP contribution in [-0.2, 0) is 11.2 Å². The Kier molecular flexibility index (Phi) is 4.00. The number of benzene rings is 1. The molecular formula is C15H19N3O. The third kappa shape index (κ3) is 2.52. The molecule has 0 fully saturated rings. The monoisotopic (exact) mass is 257 g/mol. The lowest BCUT2D eigenvalue weighted by Crippen LogP contribution is -2.30. The molecule has 4 heteroatoms. The zero-order chi connectivity index (χ0) is 13.8. The Morgan fingerprint density at radius 1 is 1.26 bits per heavy atom. The summed E-state index contributed by atoms with van der Waals surface area (Å²) in [7, 11) is 0. The first-order valence-electron chi connectivity index (χ1n) is 6.59. The molecule has 0 unspecified atom stereocenters. The number of amides is 1. The van der Waals surface area contributed by atoms with E-state index >= 15 is 0 Å². The van der Waals surface area contributed by atoms with Crippen molar-refractivity contribution in [2.75, 3.05) is 11.4 Å². The maximum Gasteiger partial charge on any atom is 0.225 e. The number of aryl methyl sites for hydroxylation is 1. The van der Waals surface area contributed by atoms with Crippen molar-refractivity contribution in [3.05, 3.63) is 42.1 Å². The highest BCUT2D eigenvalue weighted by Crippen LogP contribution is 2.24. The Morgan fingerprint density at radius 2 is 1.95 bits per heavy atom. The highest BCUT2D eigenvalue weighted by Gasteiger charge is 2.19. The summed E-state index contributed by atoms with van der Waals surface area (Å²) in [6.07, 6.45) is 2.69. The number of rotatable bonds is 4. The molecule has 0 aliphatic heterocycles. The minimum atomic E-state index is 0.0369. The number of nitrogens with zero attached hydrogens (tertiary/aromatic N) is 3. The van der Waals surface area contributed by atoms with Crippen LogP contribution in [0.2, 0.25) is 0 Å². The van der Waals surface area contributed by atoms with Gasteiger partial charge in [0.1, 0.15) is 5.82 Å². The molecule has 1 aromatic heterocycles. The van der Waals surface area contributed by atoms with E-state index in [-0.39, 0.29) is 5.91 Å². The molecule has 2 aromatic rings. The van der Waals surface area contributed by atoms with Crippen LogP contribution in [0.4, 0.5) is 5.82 Å². The molecule has 1 amide bonds. The van der Waals surface area contributed by atoms with E-state index in [0.29, 0.717) is 6.54 Å². The molecule has 0 spiro atoms. The second-order valence-corrected chi connectivity index (χ2v) is 4.36. The van der Waals surface area contributed by atoms with Crippen molar-refractivity contribution in [1.82, 2.24) is 9.78 Å². The van der Waals surface area contributed by atoms with Crippen molar-refractivity contribution < 1.29 is 4.79 Å². The molecule has 1 heterocycles. The van der Waals surface area contributed by atoms with Crippen molar-refractivity contribution in [3.63, 3.8) is 0 Å². The van der Waals surface area contributed by atoms with Crippen LogP contribution in [0.1, 0.15) is 26.3 Å². The van der Waals surface area contributed by atoms with Gasteiger partial charge in [-0.1, -0.05) is 25.1 Å². The summed E-state index contributed by atoms with van der Waals surface area (Å²) in [6.45, 7) is 6.28. The Labute approximate surface area is 113 Å². The average Bonchev–Trinajstić information content (AvgIpc) is 2.84. The molecule has 0 saturated heterocycles. The summed E-state index contributed by atoms with van der Waals surface area (Å²) in [6, 6.07) is 9.89. The van der Waals surface area contributed by atoms with Gasteiger partial charge in [0.25, 0.3) is 0 Å². The molecule has 1 aromatic carbocycles. The number of aromatic nitrogens is 2. The van der Waals surface area contributed by atoms with Gasteiger partial charge in [-0.15, -0.1) is 0 Å². The van der Waals surface area contributed by atoms with Crippen molar-refractivity contribution in [3.8, 4) is 5.69 Å². The van der Waals surface area contributed by atoms with Gasteiger partial charge < -0.3 is 0 Å². The highest BCUT2D eigenvalue weighted by molar-refractivity contribution is 5.91. The number of anilines is 1. The van der Waals surface area contributed by atoms with Gasteiger partial charge in [0.2, 0.25) is 5.91 Å². The van der Waals surface area contributed by atoms with Crippen LogP contribution in [0.25, 0.3) is 5.69 Å². The highest BCUT2D eigenvalue weighted by atomic mass is 16.2. The summed E-state index contributed by atoms with van der Waals surface area (Å²) >= 11 is 0. The molecule has 4 nitrogen and oxygen atoms in total. The second-order valence-electron chi connectivity index (χ2n) is 4.36. The maximum absolute atomic E-state index is 11.8. The van der Waals surface area contributed by atoms with E-state index in [0.717, 1.165) is 23.5 Å². The smallest absolute Gasteiger partial charge is 0.225 e. The van der Waals surface area contributed by atoms with Gasteiger partial charge in [-0.2, -0.15) is 5.10 Å². The number of carbonyl (C=O) groups excluding carboxylic acids is 1. The fourth-order valence-corrected chi connectivity index (χ4v) is 2.19. The van der Waals surface area contributed by atoms with E-state index < -0.39 is 0 Å². The summed E-state index contributed by atoms with van der Waals surface area (Å²) in [5.74, 6) is 0.915. The Hall–Kier alpha value is -2.10. The first kappa shape index (κ1) is 13.3. The average molecular weight is 257 g/mol. The molecule has 0 saturated carbocycles. The van der Waals surface area contributed by atoms with Crippen molar-refractivity contribution in [2.45, 2.75) is 27.2 Å². The van der Waals surface area contributed by atoms with Crippen molar-refractivity contribution in [1.29, 1.82) is 0 Å². The van der Waals surface area contributed by atoms with Gasteiger partial charge in [-0.3, -0.25) is 9.69 Å². The van der Waals surface area contributed by atoms with E-state index in [1.807, 2.05) is 48.1 Å². The SMILES string of the molecule is CCc1cnn(-c2ccccc2)c1N(CC)C(C)=O. The molecular weight excluding hydrogens is 238 g/mol. The summed E-state index contributed by atoms with van der Waals surface area (Å²) in [5.41, 5.74) is 2.05. The third-order valence-corrected chi connectivity index (χ3v) is 3.15. The molecule has 0 radical (unpaired) electrons. The molecule has 0 aliphatic carbocycles. The van der Waals surface area contributed by atoms with Crippen LogP contribution < -0.4 is 4.90 Å². The molecule has 0 N–H and O–H groups in total. The van der Waals surface area contributed by atoms with Gasteiger partial charge in [0, 0.05) is 19.0 Å². The topological polar surface area (TPSA) is 38.1 Å². The van der Waals surface area contributed by atoms with E-state index in [4.69, 9.17) is 0 Å². The van der Waals surface area contributed by atoms with E-state index in [9.17, 15) is 4.79 Å². The number of hydrogen-bond donors (Lipinski definition) is 0. The number of para-hydroxylation sites is 1. The predicted molar refractivity (Wildman–Crippen MR) is 76.6 cm³/mol. The van der Waals surface area contributed by atoms with E-state index in [1.165, 1.54) is 0 Å². The largest absolute Gasteiger partial charge is 0.297 e. The normalized spacial score (nSPS) is 10.5. The standard InChI is InChI=1S/C15H19N3O/c1-4-13-11-16-18(14-9-7-6-8-10-14)15(13)17(5-2)12(3)19/h6-11H,4-5H2,1-3H3. The number of hydrogen-bond acceptors (Lipinski definition) is 2.